The lowest BCUT2D eigenvalue weighted by molar-refractivity contribution is -0.121. The minimum Gasteiger partial charge on any atom is -0.449 e. The Morgan fingerprint density at radius 2 is 1.71 bits per heavy atom. The second-order valence-electron chi connectivity index (χ2n) is 7.61. The fourth-order valence-corrected chi connectivity index (χ4v) is 3.74. The van der Waals surface area contributed by atoms with Gasteiger partial charge in [0.05, 0.1) is 12.6 Å². The molecule has 6 nitrogen and oxygen atoms in total. The third-order valence-corrected chi connectivity index (χ3v) is 5.28. The fourth-order valence-electron chi connectivity index (χ4n) is 3.74. The molecule has 2 N–H and O–H groups in total. The Hall–Kier alpha value is -2.08. The van der Waals surface area contributed by atoms with Gasteiger partial charge in [-0.1, -0.05) is 26.7 Å². The van der Waals surface area contributed by atoms with Gasteiger partial charge in [0, 0.05) is 11.4 Å². The minimum absolute atomic E-state index is 0.0512. The van der Waals surface area contributed by atoms with Crippen molar-refractivity contribution in [3.8, 4) is 0 Å². The molecule has 1 aromatic rings. The fraction of sp³-hybridized carbons (Fsp3) is 0.636. The van der Waals surface area contributed by atoms with Gasteiger partial charge in [0.25, 0.3) is 0 Å². The van der Waals surface area contributed by atoms with Crippen LogP contribution in [-0.2, 0) is 9.53 Å². The number of hydrogen-bond acceptors (Lipinski definition) is 4. The van der Waals surface area contributed by atoms with Crippen LogP contribution in [0.1, 0.15) is 63.5 Å². The van der Waals surface area contributed by atoms with Crippen LogP contribution in [0.5, 0.6) is 0 Å². The molecule has 0 aromatic heterocycles. The molecule has 1 atom stereocenters. The highest BCUT2D eigenvalue weighted by molar-refractivity contribution is 5.97. The van der Waals surface area contributed by atoms with Gasteiger partial charge >= 0.3 is 6.09 Å². The van der Waals surface area contributed by atoms with E-state index in [9.17, 15) is 9.59 Å². The van der Waals surface area contributed by atoms with Gasteiger partial charge in [0.15, 0.2) is 0 Å². The van der Waals surface area contributed by atoms with Crippen LogP contribution >= 0.6 is 0 Å². The van der Waals surface area contributed by atoms with Gasteiger partial charge in [-0.3, -0.25) is 15.0 Å². The van der Waals surface area contributed by atoms with Crippen molar-refractivity contribution in [3.63, 3.8) is 0 Å². The maximum Gasteiger partial charge on any atom is 0.411 e. The van der Waals surface area contributed by atoms with Crippen LogP contribution in [0.2, 0.25) is 0 Å². The monoisotopic (exact) mass is 389 g/mol. The van der Waals surface area contributed by atoms with Crippen molar-refractivity contribution in [2.24, 2.45) is 0 Å². The van der Waals surface area contributed by atoms with Gasteiger partial charge in [0.1, 0.15) is 0 Å². The smallest absolute Gasteiger partial charge is 0.411 e. The summed E-state index contributed by atoms with van der Waals surface area (Å²) in [5, 5.41) is 5.89. The number of likely N-dealkylation sites (tertiary alicyclic amines) is 1. The number of ether oxygens (including phenoxy) is 1. The van der Waals surface area contributed by atoms with E-state index in [2.05, 4.69) is 29.4 Å². The number of piperidine rings is 1. The Labute approximate surface area is 169 Å². The van der Waals surface area contributed by atoms with Gasteiger partial charge in [-0.15, -0.1) is 0 Å². The van der Waals surface area contributed by atoms with Crippen molar-refractivity contribution in [2.75, 3.05) is 30.3 Å². The lowest BCUT2D eigenvalue weighted by Gasteiger charge is -2.33. The molecule has 1 aliphatic rings. The predicted molar refractivity (Wildman–Crippen MR) is 114 cm³/mol. The maximum absolute atomic E-state index is 12.9. The number of unbranched alkanes of at least 4 members (excludes halogenated alkanes) is 1. The second kappa shape index (κ2) is 11.1. The summed E-state index contributed by atoms with van der Waals surface area (Å²) < 4.78 is 5.15. The zero-order valence-electron chi connectivity index (χ0n) is 17.8. The first-order valence-corrected chi connectivity index (χ1v) is 10.6. The van der Waals surface area contributed by atoms with E-state index >= 15 is 0 Å². The number of hydrogen-bond donors (Lipinski definition) is 2. The highest BCUT2D eigenvalue weighted by Crippen LogP contribution is 2.26. The summed E-state index contributed by atoms with van der Waals surface area (Å²) in [5.41, 5.74) is 3.35. The quantitative estimate of drug-likeness (QED) is 0.623. The molecule has 6 heteroatoms. The summed E-state index contributed by atoms with van der Waals surface area (Å²) in [6.45, 7) is 10.4. The topological polar surface area (TPSA) is 70.7 Å². The molecule has 0 spiro atoms. The van der Waals surface area contributed by atoms with Gasteiger partial charge in [-0.2, -0.15) is 0 Å². The van der Waals surface area contributed by atoms with Gasteiger partial charge in [-0.05, 0) is 75.9 Å². The van der Waals surface area contributed by atoms with E-state index in [-0.39, 0.29) is 11.9 Å². The third-order valence-electron chi connectivity index (χ3n) is 5.28. The molecular weight excluding hydrogens is 354 g/mol. The number of nitrogens with one attached hydrogen (secondary N) is 2. The average Bonchev–Trinajstić information content (AvgIpc) is 2.66. The molecule has 2 amide bonds. The first kappa shape index (κ1) is 22.2. The first-order chi connectivity index (χ1) is 13.5. The zero-order chi connectivity index (χ0) is 20.5. The molecule has 1 aliphatic heterocycles. The van der Waals surface area contributed by atoms with E-state index in [1.807, 2.05) is 26.0 Å². The highest BCUT2D eigenvalue weighted by atomic mass is 16.5. The summed E-state index contributed by atoms with van der Waals surface area (Å²) >= 11 is 0. The number of carbonyl (C=O) groups is 2. The van der Waals surface area contributed by atoms with E-state index in [1.165, 1.54) is 6.42 Å². The molecule has 0 radical (unpaired) electrons. The number of amides is 2. The molecule has 28 heavy (non-hydrogen) atoms. The lowest BCUT2D eigenvalue weighted by atomic mass is 10.0. The van der Waals surface area contributed by atoms with Crippen LogP contribution in [0.3, 0.4) is 0 Å². The molecule has 1 saturated heterocycles. The number of nitrogens with zero attached hydrogens (tertiary/aromatic N) is 1. The van der Waals surface area contributed by atoms with E-state index in [0.717, 1.165) is 62.0 Å². The molecule has 1 heterocycles. The average molecular weight is 390 g/mol. The van der Waals surface area contributed by atoms with Crippen molar-refractivity contribution >= 4 is 23.4 Å². The van der Waals surface area contributed by atoms with Gasteiger partial charge in [-0.25, -0.2) is 4.79 Å². The number of carbonyl (C=O) groups excluding carboxylic acids is 2. The number of aryl methyl sites for hydroxylation is 2. The summed E-state index contributed by atoms with van der Waals surface area (Å²) in [5.74, 6) is 0.0512. The Bertz CT molecular complexity index is 646. The van der Waals surface area contributed by atoms with Gasteiger partial charge < -0.3 is 10.1 Å². The van der Waals surface area contributed by atoms with Crippen LogP contribution < -0.4 is 10.6 Å². The summed E-state index contributed by atoms with van der Waals surface area (Å²) in [6, 6.07) is 3.64. The van der Waals surface area contributed by atoms with E-state index < -0.39 is 6.09 Å². The number of anilines is 2. The Morgan fingerprint density at radius 3 is 2.29 bits per heavy atom. The van der Waals surface area contributed by atoms with Crippen LogP contribution in [0, 0.1) is 13.8 Å². The van der Waals surface area contributed by atoms with E-state index in [0.29, 0.717) is 12.3 Å². The van der Waals surface area contributed by atoms with Crippen molar-refractivity contribution in [1.82, 2.24) is 4.90 Å². The molecule has 0 saturated carbocycles. The third kappa shape index (κ3) is 6.23. The molecule has 1 unspecified atom stereocenters. The summed E-state index contributed by atoms with van der Waals surface area (Å²) in [4.78, 5) is 27.1. The molecule has 0 bridgehead atoms. The largest absolute Gasteiger partial charge is 0.449 e. The second-order valence-corrected chi connectivity index (χ2v) is 7.61. The highest BCUT2D eigenvalue weighted by Gasteiger charge is 2.26. The molecule has 0 aliphatic carbocycles. The maximum atomic E-state index is 12.9. The first-order valence-electron chi connectivity index (χ1n) is 10.6. The number of rotatable bonds is 8. The summed E-state index contributed by atoms with van der Waals surface area (Å²) in [7, 11) is 0. The molecule has 156 valence electrons. The van der Waals surface area contributed by atoms with Crippen molar-refractivity contribution in [3.05, 3.63) is 23.3 Å². The van der Waals surface area contributed by atoms with E-state index in [4.69, 9.17) is 4.74 Å². The Kier molecular flexibility index (Phi) is 8.77. The van der Waals surface area contributed by atoms with Crippen molar-refractivity contribution in [2.45, 2.75) is 72.3 Å². The molecular formula is C22H35N3O3. The van der Waals surface area contributed by atoms with Crippen LogP contribution in [-0.4, -0.2) is 42.6 Å². The molecule has 2 rings (SSSR count). The number of benzene rings is 1. The SMILES string of the molecule is CCCCOC(=O)Nc1cc(C)c(NC(=O)C(CC)N2CCCCC2)c(C)c1. The minimum atomic E-state index is -0.444. The summed E-state index contributed by atoms with van der Waals surface area (Å²) in [6.07, 6.45) is 5.77. The van der Waals surface area contributed by atoms with Crippen LogP contribution in [0.25, 0.3) is 0 Å². The van der Waals surface area contributed by atoms with Crippen LogP contribution in [0.4, 0.5) is 16.2 Å². The zero-order valence-corrected chi connectivity index (χ0v) is 17.8. The van der Waals surface area contributed by atoms with E-state index in [1.54, 1.807) is 0 Å². The lowest BCUT2D eigenvalue weighted by Crippen LogP contribution is -2.46. The Morgan fingerprint density at radius 1 is 1.07 bits per heavy atom. The van der Waals surface area contributed by atoms with Crippen LogP contribution in [0.15, 0.2) is 12.1 Å². The predicted octanol–water partition coefficient (Wildman–Crippen LogP) is 4.86. The molecule has 1 aromatic carbocycles. The molecule has 1 fully saturated rings. The van der Waals surface area contributed by atoms with Gasteiger partial charge in [0.2, 0.25) is 5.91 Å². The standard InChI is InChI=1S/C22H35N3O3/c1-5-7-13-28-22(27)23-18-14-16(3)20(17(4)15-18)24-21(26)19(6-2)25-11-9-8-10-12-25/h14-15,19H,5-13H2,1-4H3,(H,23,27)(H,24,26). The van der Waals surface area contributed by atoms with Crippen molar-refractivity contribution < 1.29 is 14.3 Å². The normalized spacial score (nSPS) is 15.7. The van der Waals surface area contributed by atoms with Crippen molar-refractivity contribution in [1.29, 1.82) is 0 Å². The Balaban J connectivity index is 2.03.